The Morgan fingerprint density at radius 3 is 3.00 bits per heavy atom. The number of hydrogen-bond acceptors (Lipinski definition) is 5. The van der Waals surface area contributed by atoms with Crippen LogP contribution in [0.3, 0.4) is 0 Å². The fraction of sp³-hybridized carbons (Fsp3) is 0.0667. The molecule has 1 aromatic carbocycles. The molecule has 7 heteroatoms. The van der Waals surface area contributed by atoms with Crippen molar-refractivity contribution in [1.29, 1.82) is 0 Å². The Hall–Kier alpha value is -3.06. The highest BCUT2D eigenvalue weighted by atomic mass is 16.1. The zero-order valence-electron chi connectivity index (χ0n) is 11.5. The molecule has 3 N–H and O–H groups in total. The highest BCUT2D eigenvalue weighted by Crippen LogP contribution is 2.24. The van der Waals surface area contributed by atoms with E-state index in [-0.39, 0.29) is 12.1 Å². The normalized spacial score (nSPS) is 11.3. The molecule has 22 heavy (non-hydrogen) atoms. The Bertz CT molecular complexity index is 1050. The third-order valence-corrected chi connectivity index (χ3v) is 3.63. The summed E-state index contributed by atoms with van der Waals surface area (Å²) >= 11 is 0. The molecule has 4 aromatic rings. The van der Waals surface area contributed by atoms with Crippen molar-refractivity contribution in [3.63, 3.8) is 0 Å². The molecule has 7 nitrogen and oxygen atoms in total. The number of nitrogens with zero attached hydrogens (tertiary/aromatic N) is 4. The summed E-state index contributed by atoms with van der Waals surface area (Å²) in [5, 5.41) is 12.1. The average molecular weight is 292 g/mol. The largest absolute Gasteiger partial charge is 0.325 e. The summed E-state index contributed by atoms with van der Waals surface area (Å²) in [5.41, 5.74) is 8.65. The predicted molar refractivity (Wildman–Crippen MR) is 82.2 cm³/mol. The van der Waals surface area contributed by atoms with Crippen LogP contribution in [0.5, 0.6) is 0 Å². The smallest absolute Gasteiger partial charge is 0.272 e. The van der Waals surface area contributed by atoms with Crippen molar-refractivity contribution in [2.24, 2.45) is 5.73 Å². The first-order chi connectivity index (χ1) is 10.8. The molecule has 108 valence electrons. The van der Waals surface area contributed by atoms with E-state index in [1.54, 1.807) is 23.0 Å². The first-order valence-electron chi connectivity index (χ1n) is 6.78. The van der Waals surface area contributed by atoms with Gasteiger partial charge >= 0.3 is 0 Å². The number of imidazole rings is 1. The second-order valence-electron chi connectivity index (χ2n) is 4.90. The van der Waals surface area contributed by atoms with Gasteiger partial charge in [0.1, 0.15) is 0 Å². The van der Waals surface area contributed by atoms with Crippen LogP contribution in [-0.4, -0.2) is 24.8 Å². The van der Waals surface area contributed by atoms with Gasteiger partial charge in [0.05, 0.1) is 23.0 Å². The van der Waals surface area contributed by atoms with Crippen LogP contribution in [0.4, 0.5) is 0 Å². The first-order valence-corrected chi connectivity index (χ1v) is 6.78. The van der Waals surface area contributed by atoms with E-state index < -0.39 is 0 Å². The van der Waals surface area contributed by atoms with Gasteiger partial charge in [-0.15, -0.1) is 0 Å². The molecule has 0 fully saturated rings. The van der Waals surface area contributed by atoms with Crippen LogP contribution in [0.1, 0.15) is 5.69 Å². The molecule has 0 aliphatic carbocycles. The number of H-pyrrole nitrogens is 1. The van der Waals surface area contributed by atoms with E-state index in [0.29, 0.717) is 11.1 Å². The monoisotopic (exact) mass is 292 g/mol. The lowest BCUT2D eigenvalue weighted by Gasteiger charge is -2.05. The van der Waals surface area contributed by atoms with Gasteiger partial charge in [0.25, 0.3) is 5.56 Å². The van der Waals surface area contributed by atoms with Crippen LogP contribution in [0.25, 0.3) is 27.7 Å². The lowest BCUT2D eigenvalue weighted by atomic mass is 10.1. The zero-order valence-corrected chi connectivity index (χ0v) is 11.5. The number of hydrogen-bond donors (Lipinski definition) is 2. The van der Waals surface area contributed by atoms with Crippen LogP contribution in [-0.2, 0) is 6.54 Å². The third kappa shape index (κ3) is 1.80. The molecule has 4 rings (SSSR count). The van der Waals surface area contributed by atoms with Crippen molar-refractivity contribution in [3.8, 4) is 11.3 Å². The van der Waals surface area contributed by atoms with Crippen molar-refractivity contribution in [2.75, 3.05) is 0 Å². The Morgan fingerprint density at radius 1 is 1.23 bits per heavy atom. The van der Waals surface area contributed by atoms with E-state index in [9.17, 15) is 4.79 Å². The molecule has 0 atom stereocenters. The number of rotatable bonds is 2. The summed E-state index contributed by atoms with van der Waals surface area (Å²) in [6, 6.07) is 9.26. The summed E-state index contributed by atoms with van der Waals surface area (Å²) < 4.78 is 1.75. The van der Waals surface area contributed by atoms with Crippen molar-refractivity contribution in [3.05, 3.63) is 58.8 Å². The Morgan fingerprint density at radius 2 is 2.14 bits per heavy atom. The van der Waals surface area contributed by atoms with E-state index in [1.807, 2.05) is 24.3 Å². The van der Waals surface area contributed by atoms with Crippen molar-refractivity contribution < 1.29 is 0 Å². The maximum Gasteiger partial charge on any atom is 0.272 e. The lowest BCUT2D eigenvalue weighted by Crippen LogP contribution is -2.13. The number of benzene rings is 1. The zero-order chi connectivity index (χ0) is 15.1. The first kappa shape index (κ1) is 12.7. The highest BCUT2D eigenvalue weighted by molar-refractivity contribution is 5.88. The Labute approximate surface area is 124 Å². The summed E-state index contributed by atoms with van der Waals surface area (Å²) in [6.07, 6.45) is 3.46. The highest BCUT2D eigenvalue weighted by Gasteiger charge is 2.10. The molecule has 0 bridgehead atoms. The third-order valence-electron chi connectivity index (χ3n) is 3.63. The maximum atomic E-state index is 11.9. The minimum absolute atomic E-state index is 0.227. The lowest BCUT2D eigenvalue weighted by molar-refractivity contribution is 0.900. The Kier molecular flexibility index (Phi) is 2.73. The van der Waals surface area contributed by atoms with E-state index in [0.717, 1.165) is 22.3 Å². The van der Waals surface area contributed by atoms with Gasteiger partial charge in [-0.05, 0) is 24.3 Å². The molecular weight excluding hydrogens is 280 g/mol. The number of nitrogens with one attached hydrogen (secondary N) is 1. The van der Waals surface area contributed by atoms with Gasteiger partial charge in [-0.2, -0.15) is 10.2 Å². The van der Waals surface area contributed by atoms with Gasteiger partial charge < -0.3 is 5.73 Å². The van der Waals surface area contributed by atoms with E-state index in [2.05, 4.69) is 20.3 Å². The molecule has 0 amide bonds. The Balaban J connectivity index is 2.02. The average Bonchev–Trinajstić information content (AvgIpc) is 2.99. The predicted octanol–water partition coefficient (Wildman–Crippen LogP) is 1.09. The van der Waals surface area contributed by atoms with Crippen LogP contribution in [0.15, 0.2) is 47.5 Å². The maximum absolute atomic E-state index is 11.9. The summed E-state index contributed by atoms with van der Waals surface area (Å²) in [6.45, 7) is 0.252. The molecule has 0 spiro atoms. The molecule has 0 saturated carbocycles. The van der Waals surface area contributed by atoms with Crippen molar-refractivity contribution >= 4 is 16.4 Å². The molecule has 0 radical (unpaired) electrons. The van der Waals surface area contributed by atoms with E-state index >= 15 is 0 Å². The van der Waals surface area contributed by atoms with Crippen molar-refractivity contribution in [1.82, 2.24) is 24.8 Å². The SMILES string of the molecule is NCc1n[nH]c(=O)c2ccc(-c3cnc4cccnn34)cc12. The van der Waals surface area contributed by atoms with Gasteiger partial charge in [0.15, 0.2) is 5.65 Å². The van der Waals surface area contributed by atoms with Crippen LogP contribution in [0.2, 0.25) is 0 Å². The van der Waals surface area contributed by atoms with Gasteiger partial charge in [-0.3, -0.25) is 4.79 Å². The minimum atomic E-state index is -0.227. The molecule has 0 aliphatic rings. The number of aromatic nitrogens is 5. The second-order valence-corrected chi connectivity index (χ2v) is 4.90. The minimum Gasteiger partial charge on any atom is -0.325 e. The summed E-state index contributed by atoms with van der Waals surface area (Å²) in [4.78, 5) is 16.2. The van der Waals surface area contributed by atoms with Crippen molar-refractivity contribution in [2.45, 2.75) is 6.54 Å². The van der Waals surface area contributed by atoms with Crippen LogP contribution >= 0.6 is 0 Å². The second kappa shape index (κ2) is 4.74. The fourth-order valence-corrected chi connectivity index (χ4v) is 2.56. The number of aromatic amines is 1. The van der Waals surface area contributed by atoms with Crippen LogP contribution in [0, 0.1) is 0 Å². The van der Waals surface area contributed by atoms with E-state index in [4.69, 9.17) is 5.73 Å². The molecule has 3 heterocycles. The van der Waals surface area contributed by atoms with Gasteiger partial charge in [-0.25, -0.2) is 14.6 Å². The molecule has 3 aromatic heterocycles. The molecule has 0 aliphatic heterocycles. The van der Waals surface area contributed by atoms with Gasteiger partial charge in [0.2, 0.25) is 0 Å². The summed E-state index contributed by atoms with van der Waals surface area (Å²) in [5.74, 6) is 0. The quantitative estimate of drug-likeness (QED) is 0.576. The van der Waals surface area contributed by atoms with Crippen LogP contribution < -0.4 is 11.3 Å². The van der Waals surface area contributed by atoms with Gasteiger partial charge in [0, 0.05) is 23.7 Å². The molecule has 0 saturated heterocycles. The standard InChI is InChI=1S/C15H12N6O/c16-7-12-11-6-9(3-4-10(11)15(22)20-19-12)13-8-17-14-2-1-5-18-21(13)14/h1-6,8H,7,16H2,(H,20,22). The molecular formula is C15H12N6O. The molecule has 0 unspecified atom stereocenters. The number of fused-ring (bicyclic) bond motifs is 2. The van der Waals surface area contributed by atoms with Gasteiger partial charge in [-0.1, -0.05) is 6.07 Å². The van der Waals surface area contributed by atoms with E-state index in [1.165, 1.54) is 0 Å². The topological polar surface area (TPSA) is 102 Å². The fourth-order valence-electron chi connectivity index (χ4n) is 2.56. The number of nitrogens with two attached hydrogens (primary N) is 1. The summed E-state index contributed by atoms with van der Waals surface area (Å²) in [7, 11) is 0.